The fourth-order valence-corrected chi connectivity index (χ4v) is 11.2. The van der Waals surface area contributed by atoms with Gasteiger partial charge in [0.2, 0.25) is 0 Å². The lowest BCUT2D eigenvalue weighted by molar-refractivity contribution is 1.18. The van der Waals surface area contributed by atoms with Gasteiger partial charge in [0.15, 0.2) is 0 Å². The number of hydrogen-bond acceptors (Lipinski definition) is 1. The van der Waals surface area contributed by atoms with Crippen molar-refractivity contribution < 1.29 is 0 Å². The highest BCUT2D eigenvalue weighted by Crippen LogP contribution is 2.48. The molecule has 0 spiro atoms. The van der Waals surface area contributed by atoms with E-state index in [4.69, 9.17) is 0 Å². The second kappa shape index (κ2) is 14.4. The molecule has 0 atom stereocenters. The summed E-state index contributed by atoms with van der Waals surface area (Å²) in [5.74, 6) is 0. The third-order valence-electron chi connectivity index (χ3n) is 14.0. The van der Waals surface area contributed by atoms with Gasteiger partial charge in [0, 0.05) is 33.4 Å². The van der Waals surface area contributed by atoms with Gasteiger partial charge in [0.1, 0.15) is 0 Å². The van der Waals surface area contributed by atoms with E-state index >= 15 is 0 Å². The van der Waals surface area contributed by atoms with Crippen LogP contribution in [0.1, 0.15) is 0 Å². The lowest BCUT2D eigenvalue weighted by Crippen LogP contribution is -2.11. The third kappa shape index (κ3) is 5.49. The topological polar surface area (TPSA) is 8.17 Å². The average Bonchev–Trinajstić information content (AvgIpc) is 3.72. The predicted octanol–water partition coefficient (Wildman–Crippen LogP) is 17.9. The molecule has 66 heavy (non-hydrogen) atoms. The largest absolute Gasteiger partial charge is 0.310 e. The quantitative estimate of drug-likeness (QED) is 0.152. The van der Waals surface area contributed by atoms with Crippen LogP contribution in [-0.2, 0) is 0 Å². The predicted molar refractivity (Wildman–Crippen MR) is 283 cm³/mol. The molecule has 0 N–H and O–H groups in total. The highest BCUT2D eigenvalue weighted by molar-refractivity contribution is 6.37. The Morgan fingerprint density at radius 3 is 1.50 bits per heavy atom. The zero-order chi connectivity index (χ0) is 43.3. The smallest absolute Gasteiger partial charge is 0.0541 e. The summed E-state index contributed by atoms with van der Waals surface area (Å²) in [6, 6.07) is 89.8. The Labute approximate surface area is 381 Å². The van der Waals surface area contributed by atoms with Crippen LogP contribution in [0.5, 0.6) is 0 Å². The first kappa shape index (κ1) is 36.7. The summed E-state index contributed by atoms with van der Waals surface area (Å²) >= 11 is 0. The summed E-state index contributed by atoms with van der Waals surface area (Å²) in [7, 11) is 0. The van der Waals surface area contributed by atoms with Gasteiger partial charge >= 0.3 is 0 Å². The van der Waals surface area contributed by atoms with Crippen LogP contribution in [0.3, 0.4) is 0 Å². The van der Waals surface area contributed by atoms with Crippen LogP contribution in [0.25, 0.3) is 114 Å². The summed E-state index contributed by atoms with van der Waals surface area (Å²) in [6.45, 7) is 0. The highest BCUT2D eigenvalue weighted by Gasteiger charge is 2.22. The normalized spacial score (nSPS) is 11.9. The van der Waals surface area contributed by atoms with Gasteiger partial charge in [-0.1, -0.05) is 182 Å². The van der Waals surface area contributed by atoms with Crippen LogP contribution in [0.4, 0.5) is 17.1 Å². The molecule has 1 heterocycles. The fourth-order valence-electron chi connectivity index (χ4n) is 11.2. The lowest BCUT2D eigenvalue weighted by atomic mass is 9.87. The van der Waals surface area contributed by atoms with Crippen molar-refractivity contribution in [3.63, 3.8) is 0 Å². The number of hydrogen-bond donors (Lipinski definition) is 0. The molecule has 2 heteroatoms. The van der Waals surface area contributed by atoms with E-state index in [9.17, 15) is 0 Å². The van der Waals surface area contributed by atoms with E-state index in [1.807, 2.05) is 0 Å². The molecule has 0 aliphatic heterocycles. The molecule has 0 unspecified atom stereocenters. The number of fused-ring (bicyclic) bond motifs is 5. The third-order valence-corrected chi connectivity index (χ3v) is 14.0. The van der Waals surface area contributed by atoms with Gasteiger partial charge in [-0.25, -0.2) is 0 Å². The van der Waals surface area contributed by atoms with E-state index in [1.54, 1.807) is 0 Å². The first-order valence-electron chi connectivity index (χ1n) is 22.8. The maximum absolute atomic E-state index is 2.47. The Morgan fingerprint density at radius 1 is 0.273 bits per heavy atom. The molecule has 14 aromatic rings. The van der Waals surface area contributed by atoms with E-state index in [0.29, 0.717) is 0 Å². The minimum absolute atomic E-state index is 1.09. The zero-order valence-electron chi connectivity index (χ0n) is 36.0. The molecule has 13 aromatic carbocycles. The molecule has 2 nitrogen and oxygen atoms in total. The van der Waals surface area contributed by atoms with Gasteiger partial charge in [-0.3, -0.25) is 0 Å². The van der Waals surface area contributed by atoms with Crippen LogP contribution in [0.15, 0.2) is 243 Å². The Bertz CT molecular complexity index is 4200. The van der Waals surface area contributed by atoms with E-state index in [2.05, 4.69) is 252 Å². The van der Waals surface area contributed by atoms with E-state index in [-0.39, 0.29) is 0 Å². The maximum atomic E-state index is 2.47. The van der Waals surface area contributed by atoms with Gasteiger partial charge in [-0.2, -0.15) is 0 Å². The van der Waals surface area contributed by atoms with Crippen molar-refractivity contribution in [1.82, 2.24) is 4.57 Å². The first-order valence-corrected chi connectivity index (χ1v) is 22.8. The molecule has 14 rings (SSSR count). The number of nitrogens with zero attached hydrogens (tertiary/aromatic N) is 2. The second-order valence-electron chi connectivity index (χ2n) is 17.6. The fraction of sp³-hybridized carbons (Fsp3) is 0. The van der Waals surface area contributed by atoms with Crippen molar-refractivity contribution in [3.8, 4) is 27.9 Å². The number of anilines is 3. The molecular formula is C64H40N2. The molecular weight excluding hydrogens is 797 g/mol. The summed E-state index contributed by atoms with van der Waals surface area (Å²) in [5.41, 5.74) is 11.6. The molecule has 0 aliphatic rings. The summed E-state index contributed by atoms with van der Waals surface area (Å²) in [5, 5.41) is 17.8. The van der Waals surface area contributed by atoms with Gasteiger partial charge < -0.3 is 9.47 Å². The summed E-state index contributed by atoms with van der Waals surface area (Å²) in [6.07, 6.45) is 0. The second-order valence-corrected chi connectivity index (χ2v) is 17.6. The van der Waals surface area contributed by atoms with Crippen molar-refractivity contribution in [1.29, 1.82) is 0 Å². The Balaban J connectivity index is 1.02. The van der Waals surface area contributed by atoms with Gasteiger partial charge in [0.05, 0.1) is 16.7 Å². The molecule has 0 radical (unpaired) electrons. The molecule has 1 aromatic heterocycles. The molecule has 306 valence electrons. The minimum atomic E-state index is 1.09. The van der Waals surface area contributed by atoms with Crippen molar-refractivity contribution in [3.05, 3.63) is 243 Å². The summed E-state index contributed by atoms with van der Waals surface area (Å²) in [4.78, 5) is 2.47. The van der Waals surface area contributed by atoms with Crippen molar-refractivity contribution in [2.45, 2.75) is 0 Å². The van der Waals surface area contributed by atoms with Crippen LogP contribution in [0, 0.1) is 0 Å². The van der Waals surface area contributed by atoms with Crippen molar-refractivity contribution in [2.24, 2.45) is 0 Å². The SMILES string of the molecule is c1ccc(-c2ccccc2N(c2ccc(-c3ccc4c(c3)c3ccccc3n4-c3ccccc3)cc2)c2cc3ccc4cccc5c6cccc7ccc8cccc(c(c2)c3c45)c8c76)cc1. The Morgan fingerprint density at radius 2 is 0.803 bits per heavy atom. The molecule has 0 saturated carbocycles. The maximum Gasteiger partial charge on any atom is 0.0541 e. The summed E-state index contributed by atoms with van der Waals surface area (Å²) < 4.78 is 2.38. The molecule has 0 fully saturated rings. The van der Waals surface area contributed by atoms with Crippen LogP contribution in [0.2, 0.25) is 0 Å². The number of rotatable bonds is 6. The van der Waals surface area contributed by atoms with Crippen LogP contribution < -0.4 is 4.90 Å². The van der Waals surface area contributed by atoms with Crippen LogP contribution in [-0.4, -0.2) is 4.57 Å². The lowest BCUT2D eigenvalue weighted by Gasteiger charge is -2.29. The Kier molecular flexibility index (Phi) is 8.02. The van der Waals surface area contributed by atoms with Gasteiger partial charge in [-0.05, 0) is 142 Å². The first-order chi connectivity index (χ1) is 32.7. The number of benzene rings is 12. The molecule has 0 amide bonds. The Hall–Kier alpha value is -8.72. The molecule has 0 saturated heterocycles. The van der Waals surface area contributed by atoms with Crippen molar-refractivity contribution >= 4 is 104 Å². The minimum Gasteiger partial charge on any atom is -0.310 e. The van der Waals surface area contributed by atoms with Crippen molar-refractivity contribution in [2.75, 3.05) is 4.90 Å². The van der Waals surface area contributed by atoms with E-state index < -0.39 is 0 Å². The highest BCUT2D eigenvalue weighted by atomic mass is 15.1. The van der Waals surface area contributed by atoms with Gasteiger partial charge in [0.25, 0.3) is 0 Å². The number of aromatic nitrogens is 1. The van der Waals surface area contributed by atoms with E-state index in [1.165, 1.54) is 109 Å². The van der Waals surface area contributed by atoms with Gasteiger partial charge in [-0.15, -0.1) is 0 Å². The van der Waals surface area contributed by atoms with Crippen LogP contribution >= 0.6 is 0 Å². The monoisotopic (exact) mass is 836 g/mol. The molecule has 0 aliphatic carbocycles. The molecule has 0 bridgehead atoms. The number of para-hydroxylation sites is 3. The van der Waals surface area contributed by atoms with E-state index in [0.717, 1.165) is 22.7 Å². The standard InChI is InChI=1S/C64H40N2/c1-3-14-42(15-4-1)51-21-7-9-26-58(51)65(49-35-32-41(33-36-49)46-34-37-60-56(39-46)52-22-8-10-27-59(52)66(60)48-19-5-2-6-20-48)50-38-47-31-30-45-17-12-24-54-53-23-11-16-43-28-29-44-18-13-25-55(63(44)61(43)53)57(40-50)64(47)62(45)54/h1-40H. The average molecular weight is 837 g/mol. The zero-order valence-corrected chi connectivity index (χ0v) is 36.0.